The van der Waals surface area contributed by atoms with Gasteiger partial charge in [0.05, 0.1) is 12.3 Å². The van der Waals surface area contributed by atoms with Crippen LogP contribution in [-0.4, -0.2) is 43.2 Å². The number of carbonyl (C=O) groups is 2. The van der Waals surface area contributed by atoms with Crippen molar-refractivity contribution in [1.82, 2.24) is 19.6 Å². The van der Waals surface area contributed by atoms with Crippen LogP contribution in [0.4, 0.5) is 0 Å². The van der Waals surface area contributed by atoms with Gasteiger partial charge in [-0.05, 0) is 44.7 Å². The zero-order chi connectivity index (χ0) is 18.0. The molecule has 0 N–H and O–H groups in total. The first-order valence-corrected chi connectivity index (χ1v) is 8.50. The summed E-state index contributed by atoms with van der Waals surface area (Å²) in [5.41, 5.74) is 2.17. The molecule has 0 unspecified atom stereocenters. The summed E-state index contributed by atoms with van der Waals surface area (Å²) >= 11 is 0.880. The second kappa shape index (κ2) is 7.06. The minimum absolute atomic E-state index is 0.119. The number of fused-ring (bicyclic) bond motifs is 1. The quantitative estimate of drug-likeness (QED) is 0.375. The Morgan fingerprint density at radius 1 is 1.36 bits per heavy atom. The van der Waals surface area contributed by atoms with Gasteiger partial charge in [0.1, 0.15) is 11.3 Å². The van der Waals surface area contributed by atoms with Gasteiger partial charge in [-0.2, -0.15) is 0 Å². The van der Waals surface area contributed by atoms with Crippen molar-refractivity contribution in [2.24, 2.45) is 0 Å². The number of aromatic nitrogens is 4. The molecule has 1 atom stereocenters. The first kappa shape index (κ1) is 17.2. The smallest absolute Gasteiger partial charge is 0.327 e. The molecule has 0 aliphatic rings. The highest BCUT2D eigenvalue weighted by Crippen LogP contribution is 2.29. The van der Waals surface area contributed by atoms with Crippen molar-refractivity contribution < 1.29 is 18.7 Å². The maximum Gasteiger partial charge on any atom is 0.327 e. The van der Waals surface area contributed by atoms with Crippen molar-refractivity contribution in [3.05, 3.63) is 30.1 Å². The standard InChI is InChI=1S/C16H16N4O4S/c1-4-23-15(22)13(10(3)21)25-16-19-18-14(24-16)12-9(2)17-11-7-5-6-8-20(11)12/h5-8,13H,4H2,1-3H3/t13-/m1/s1. The summed E-state index contributed by atoms with van der Waals surface area (Å²) < 4.78 is 12.4. The summed E-state index contributed by atoms with van der Waals surface area (Å²) in [5.74, 6) is -0.690. The number of rotatable bonds is 6. The van der Waals surface area contributed by atoms with E-state index in [1.165, 1.54) is 6.92 Å². The fraction of sp³-hybridized carbons (Fsp3) is 0.312. The van der Waals surface area contributed by atoms with E-state index in [-0.39, 0.29) is 23.5 Å². The molecule has 3 aromatic heterocycles. The number of imidazole rings is 1. The van der Waals surface area contributed by atoms with Crippen molar-refractivity contribution in [2.75, 3.05) is 6.61 Å². The Morgan fingerprint density at radius 3 is 2.88 bits per heavy atom. The van der Waals surface area contributed by atoms with Gasteiger partial charge in [-0.25, -0.2) is 4.98 Å². The first-order valence-electron chi connectivity index (χ1n) is 7.62. The SMILES string of the molecule is CCOC(=O)[C@H](Sc1nnc(-c2c(C)nc3ccccn23)o1)C(C)=O. The highest BCUT2D eigenvalue weighted by molar-refractivity contribution is 8.01. The molecular weight excluding hydrogens is 344 g/mol. The van der Waals surface area contributed by atoms with Gasteiger partial charge in [0.25, 0.3) is 11.1 Å². The molecule has 0 radical (unpaired) electrons. The number of hydrogen-bond acceptors (Lipinski definition) is 8. The summed E-state index contributed by atoms with van der Waals surface area (Å²) in [6.45, 7) is 5.04. The Balaban J connectivity index is 1.90. The van der Waals surface area contributed by atoms with Gasteiger partial charge in [-0.1, -0.05) is 6.07 Å². The van der Waals surface area contributed by atoms with Crippen LogP contribution in [0.3, 0.4) is 0 Å². The lowest BCUT2D eigenvalue weighted by Gasteiger charge is -2.09. The van der Waals surface area contributed by atoms with E-state index in [4.69, 9.17) is 9.15 Å². The van der Waals surface area contributed by atoms with Crippen LogP contribution < -0.4 is 0 Å². The van der Waals surface area contributed by atoms with E-state index < -0.39 is 11.2 Å². The van der Waals surface area contributed by atoms with Crippen LogP contribution in [0.5, 0.6) is 0 Å². The molecule has 0 saturated heterocycles. The Morgan fingerprint density at radius 2 is 2.16 bits per heavy atom. The molecule has 3 rings (SSSR count). The highest BCUT2D eigenvalue weighted by Gasteiger charge is 2.29. The van der Waals surface area contributed by atoms with E-state index in [9.17, 15) is 9.59 Å². The third kappa shape index (κ3) is 3.41. The molecule has 0 fully saturated rings. The predicted octanol–water partition coefficient (Wildman–Crippen LogP) is 2.31. The maximum absolute atomic E-state index is 11.9. The maximum atomic E-state index is 11.9. The van der Waals surface area contributed by atoms with Crippen LogP contribution in [0.15, 0.2) is 34.0 Å². The van der Waals surface area contributed by atoms with Crippen LogP contribution in [0.1, 0.15) is 19.5 Å². The van der Waals surface area contributed by atoms with Crippen molar-refractivity contribution in [3.8, 4) is 11.6 Å². The van der Waals surface area contributed by atoms with Crippen molar-refractivity contribution in [3.63, 3.8) is 0 Å². The van der Waals surface area contributed by atoms with E-state index in [0.717, 1.165) is 23.1 Å². The third-order valence-electron chi connectivity index (χ3n) is 3.40. The molecule has 25 heavy (non-hydrogen) atoms. The topological polar surface area (TPSA) is 99.6 Å². The number of carbonyl (C=O) groups excluding carboxylic acids is 2. The molecule has 8 nitrogen and oxygen atoms in total. The summed E-state index contributed by atoms with van der Waals surface area (Å²) in [6, 6.07) is 5.63. The normalized spacial score (nSPS) is 12.3. The summed E-state index contributed by atoms with van der Waals surface area (Å²) in [6.07, 6.45) is 1.85. The summed E-state index contributed by atoms with van der Waals surface area (Å²) in [7, 11) is 0. The van der Waals surface area contributed by atoms with E-state index >= 15 is 0 Å². The lowest BCUT2D eigenvalue weighted by atomic mass is 10.3. The Kier molecular flexibility index (Phi) is 4.84. The number of hydrogen-bond donors (Lipinski definition) is 0. The molecule has 0 spiro atoms. The number of ketones is 1. The minimum atomic E-state index is -1.03. The van der Waals surface area contributed by atoms with Crippen molar-refractivity contribution >= 4 is 29.2 Å². The number of aryl methyl sites for hydroxylation is 1. The van der Waals surface area contributed by atoms with E-state index in [1.54, 1.807) is 6.92 Å². The van der Waals surface area contributed by atoms with E-state index in [0.29, 0.717) is 5.69 Å². The van der Waals surface area contributed by atoms with E-state index in [2.05, 4.69) is 15.2 Å². The third-order valence-corrected chi connectivity index (χ3v) is 4.53. The van der Waals surface area contributed by atoms with E-state index in [1.807, 2.05) is 35.7 Å². The van der Waals surface area contributed by atoms with Gasteiger partial charge < -0.3 is 9.15 Å². The van der Waals surface area contributed by atoms with Gasteiger partial charge in [0, 0.05) is 6.20 Å². The van der Waals surface area contributed by atoms with Gasteiger partial charge in [0.2, 0.25) is 0 Å². The molecule has 3 aromatic rings. The number of esters is 1. The first-order chi connectivity index (χ1) is 12.0. The van der Waals surface area contributed by atoms with Gasteiger partial charge in [-0.15, -0.1) is 10.2 Å². The second-order valence-corrected chi connectivity index (χ2v) is 6.26. The molecule has 3 heterocycles. The molecule has 0 aliphatic heterocycles. The van der Waals surface area contributed by atoms with Crippen LogP contribution >= 0.6 is 11.8 Å². The molecule has 130 valence electrons. The lowest BCUT2D eigenvalue weighted by Crippen LogP contribution is -2.27. The van der Waals surface area contributed by atoms with Crippen LogP contribution in [-0.2, 0) is 14.3 Å². The number of pyridine rings is 1. The molecule has 0 amide bonds. The molecule has 0 aliphatic carbocycles. The number of Topliss-reactive ketones (excluding diaryl/α,β-unsaturated/α-hetero) is 1. The highest BCUT2D eigenvalue weighted by atomic mass is 32.2. The zero-order valence-corrected chi connectivity index (χ0v) is 14.7. The van der Waals surface area contributed by atoms with Crippen molar-refractivity contribution in [2.45, 2.75) is 31.2 Å². The fourth-order valence-corrected chi connectivity index (χ4v) is 3.09. The Bertz CT molecular complexity index is 933. The van der Waals surface area contributed by atoms with Crippen molar-refractivity contribution in [1.29, 1.82) is 0 Å². The number of nitrogens with zero attached hydrogens (tertiary/aromatic N) is 4. The molecule has 9 heteroatoms. The average molecular weight is 360 g/mol. The monoisotopic (exact) mass is 360 g/mol. The number of thioether (sulfide) groups is 1. The Labute approximate surface area is 147 Å². The molecule has 0 aromatic carbocycles. The van der Waals surface area contributed by atoms with Crippen LogP contribution in [0.25, 0.3) is 17.2 Å². The average Bonchev–Trinajstić information content (AvgIpc) is 3.15. The minimum Gasteiger partial charge on any atom is -0.465 e. The van der Waals surface area contributed by atoms with Crippen LogP contribution in [0.2, 0.25) is 0 Å². The fourth-order valence-electron chi connectivity index (χ4n) is 2.34. The summed E-state index contributed by atoms with van der Waals surface area (Å²) in [5, 5.41) is 7.04. The molecule has 0 saturated carbocycles. The predicted molar refractivity (Wildman–Crippen MR) is 90.2 cm³/mol. The second-order valence-electron chi connectivity index (χ2n) is 5.21. The molecular formula is C16H16N4O4S. The zero-order valence-electron chi connectivity index (χ0n) is 13.9. The number of ether oxygens (including phenoxy) is 1. The largest absolute Gasteiger partial charge is 0.465 e. The van der Waals surface area contributed by atoms with Gasteiger partial charge >= 0.3 is 5.97 Å². The Hall–Kier alpha value is -2.68. The van der Waals surface area contributed by atoms with Gasteiger partial charge in [-0.3, -0.25) is 14.0 Å². The molecule has 0 bridgehead atoms. The lowest BCUT2D eigenvalue weighted by molar-refractivity contribution is -0.144. The van der Waals surface area contributed by atoms with Gasteiger partial charge in [0.15, 0.2) is 11.0 Å². The summed E-state index contributed by atoms with van der Waals surface area (Å²) in [4.78, 5) is 28.0. The van der Waals surface area contributed by atoms with Crippen LogP contribution in [0, 0.1) is 6.92 Å².